The zero-order chi connectivity index (χ0) is 17.7. The number of carbonyl (C=O) groups excluding carboxylic acids is 2. The van der Waals surface area contributed by atoms with Gasteiger partial charge in [-0.15, -0.1) is 0 Å². The van der Waals surface area contributed by atoms with E-state index in [1.165, 1.54) is 0 Å². The number of para-hydroxylation sites is 1. The van der Waals surface area contributed by atoms with Crippen molar-refractivity contribution in [3.63, 3.8) is 0 Å². The highest BCUT2D eigenvalue weighted by Gasteiger charge is 2.20. The minimum absolute atomic E-state index is 0.0476. The largest absolute Gasteiger partial charge is 0.452 e. The van der Waals surface area contributed by atoms with Crippen LogP contribution in [-0.4, -0.2) is 24.5 Å². The summed E-state index contributed by atoms with van der Waals surface area (Å²) in [5, 5.41) is 0. The number of benzene rings is 2. The zero-order valence-electron chi connectivity index (χ0n) is 14.2. The van der Waals surface area contributed by atoms with Gasteiger partial charge in [0.2, 0.25) is 0 Å². The number of amides is 1. The molecule has 2 N–H and O–H groups in total. The highest BCUT2D eigenvalue weighted by atomic mass is 16.5. The van der Waals surface area contributed by atoms with Gasteiger partial charge in [0, 0.05) is 17.4 Å². The van der Waals surface area contributed by atoms with Crippen molar-refractivity contribution < 1.29 is 14.3 Å². The second kappa shape index (κ2) is 7.64. The molecule has 126 valence electrons. The average Bonchev–Trinajstić information content (AvgIpc) is 2.56. The van der Waals surface area contributed by atoms with Gasteiger partial charge in [0.05, 0.1) is 5.56 Å². The van der Waals surface area contributed by atoms with Gasteiger partial charge in [0.15, 0.2) is 6.61 Å². The molecule has 24 heavy (non-hydrogen) atoms. The summed E-state index contributed by atoms with van der Waals surface area (Å²) in [6, 6.07) is 14.2. The first-order valence-corrected chi connectivity index (χ1v) is 7.80. The quantitative estimate of drug-likeness (QED) is 0.676. The number of nitrogens with zero attached hydrogens (tertiary/aromatic N) is 1. The number of nitrogens with two attached hydrogens (primary N) is 1. The van der Waals surface area contributed by atoms with Crippen molar-refractivity contribution in [1.29, 1.82) is 0 Å². The van der Waals surface area contributed by atoms with Crippen LogP contribution in [0.1, 0.15) is 29.8 Å². The Kier molecular flexibility index (Phi) is 5.58. The van der Waals surface area contributed by atoms with Crippen LogP contribution in [0.2, 0.25) is 0 Å². The molecule has 0 aliphatic rings. The lowest BCUT2D eigenvalue weighted by Gasteiger charge is -2.26. The summed E-state index contributed by atoms with van der Waals surface area (Å²) in [6.45, 7) is 5.36. The van der Waals surface area contributed by atoms with Gasteiger partial charge in [-0.25, -0.2) is 4.79 Å². The maximum atomic E-state index is 12.5. The molecule has 0 fully saturated rings. The van der Waals surface area contributed by atoms with E-state index >= 15 is 0 Å². The van der Waals surface area contributed by atoms with Crippen LogP contribution in [0, 0.1) is 6.92 Å². The van der Waals surface area contributed by atoms with E-state index in [2.05, 4.69) is 0 Å². The third-order valence-electron chi connectivity index (χ3n) is 3.66. The van der Waals surface area contributed by atoms with E-state index in [1.807, 2.05) is 51.1 Å². The summed E-state index contributed by atoms with van der Waals surface area (Å²) >= 11 is 0. The van der Waals surface area contributed by atoms with Crippen LogP contribution in [0.25, 0.3) is 0 Å². The van der Waals surface area contributed by atoms with Gasteiger partial charge >= 0.3 is 5.97 Å². The zero-order valence-corrected chi connectivity index (χ0v) is 14.2. The Labute approximate surface area is 142 Å². The first-order chi connectivity index (χ1) is 11.4. The molecule has 0 saturated carbocycles. The van der Waals surface area contributed by atoms with E-state index in [9.17, 15) is 9.59 Å². The van der Waals surface area contributed by atoms with Crippen LogP contribution in [-0.2, 0) is 9.53 Å². The Morgan fingerprint density at radius 1 is 1.12 bits per heavy atom. The van der Waals surface area contributed by atoms with Gasteiger partial charge in [-0.3, -0.25) is 4.79 Å². The standard InChI is InChI=1S/C19H22N2O3/c1-13(2)21(16-7-5-4-6-8-16)18(22)12-24-19(23)15-10-9-14(3)17(20)11-15/h4-11,13H,12,20H2,1-3H3. The normalized spacial score (nSPS) is 10.5. The Hall–Kier alpha value is -2.82. The van der Waals surface area contributed by atoms with Crippen LogP contribution < -0.4 is 10.6 Å². The molecule has 0 aliphatic heterocycles. The lowest BCUT2D eigenvalue weighted by molar-refractivity contribution is -0.122. The summed E-state index contributed by atoms with van der Waals surface area (Å²) in [4.78, 5) is 26.2. The SMILES string of the molecule is Cc1ccc(C(=O)OCC(=O)N(c2ccccc2)C(C)C)cc1N. The molecule has 0 heterocycles. The number of hydrogen-bond donors (Lipinski definition) is 1. The van der Waals surface area contributed by atoms with Crippen LogP contribution >= 0.6 is 0 Å². The smallest absolute Gasteiger partial charge is 0.338 e. The van der Waals surface area contributed by atoms with E-state index in [1.54, 1.807) is 23.1 Å². The molecule has 0 bridgehead atoms. The Bertz CT molecular complexity index is 727. The number of aryl methyl sites for hydroxylation is 1. The van der Waals surface area contributed by atoms with Crippen molar-refractivity contribution in [2.24, 2.45) is 0 Å². The van der Waals surface area contributed by atoms with E-state index in [-0.39, 0.29) is 18.6 Å². The van der Waals surface area contributed by atoms with Crippen LogP contribution in [0.15, 0.2) is 48.5 Å². The number of ether oxygens (including phenoxy) is 1. The molecule has 2 aromatic carbocycles. The number of esters is 1. The summed E-state index contributed by atoms with van der Waals surface area (Å²) in [6.07, 6.45) is 0. The second-order valence-electron chi connectivity index (χ2n) is 5.84. The molecular weight excluding hydrogens is 304 g/mol. The van der Waals surface area contributed by atoms with Gasteiger partial charge < -0.3 is 15.4 Å². The molecule has 2 rings (SSSR count). The number of carbonyl (C=O) groups is 2. The predicted octanol–water partition coefficient (Wildman–Crippen LogP) is 3.18. The third kappa shape index (κ3) is 4.13. The monoisotopic (exact) mass is 326 g/mol. The Morgan fingerprint density at radius 2 is 1.79 bits per heavy atom. The summed E-state index contributed by atoms with van der Waals surface area (Å²) in [5.74, 6) is -0.837. The molecule has 0 aliphatic carbocycles. The number of nitrogen functional groups attached to an aromatic ring is 1. The van der Waals surface area contributed by atoms with Gasteiger partial charge in [-0.1, -0.05) is 24.3 Å². The van der Waals surface area contributed by atoms with Crippen LogP contribution in [0.4, 0.5) is 11.4 Å². The van der Waals surface area contributed by atoms with Crippen molar-refractivity contribution >= 4 is 23.3 Å². The molecule has 2 aromatic rings. The van der Waals surface area contributed by atoms with Crippen molar-refractivity contribution in [1.82, 2.24) is 0 Å². The van der Waals surface area contributed by atoms with Crippen LogP contribution in [0.5, 0.6) is 0 Å². The molecule has 0 unspecified atom stereocenters. The van der Waals surface area contributed by atoms with E-state index in [4.69, 9.17) is 10.5 Å². The van der Waals surface area contributed by atoms with Crippen molar-refractivity contribution in [2.75, 3.05) is 17.2 Å². The maximum absolute atomic E-state index is 12.5. The summed E-state index contributed by atoms with van der Waals surface area (Å²) in [5.41, 5.74) is 8.31. The second-order valence-corrected chi connectivity index (χ2v) is 5.84. The number of hydrogen-bond acceptors (Lipinski definition) is 4. The topological polar surface area (TPSA) is 72.6 Å². The van der Waals surface area contributed by atoms with Crippen molar-refractivity contribution in [2.45, 2.75) is 26.8 Å². The summed E-state index contributed by atoms with van der Waals surface area (Å²) in [7, 11) is 0. The highest BCUT2D eigenvalue weighted by molar-refractivity contribution is 5.97. The molecule has 0 radical (unpaired) electrons. The van der Waals surface area contributed by atoms with Crippen LogP contribution in [0.3, 0.4) is 0 Å². The van der Waals surface area contributed by atoms with Crippen molar-refractivity contribution in [3.8, 4) is 0 Å². The van der Waals surface area contributed by atoms with Gasteiger partial charge in [0.1, 0.15) is 0 Å². The van der Waals surface area contributed by atoms with Gasteiger partial charge in [0.25, 0.3) is 5.91 Å². The van der Waals surface area contributed by atoms with Crippen molar-refractivity contribution in [3.05, 3.63) is 59.7 Å². The maximum Gasteiger partial charge on any atom is 0.338 e. The number of rotatable bonds is 5. The molecule has 5 nitrogen and oxygen atoms in total. The first-order valence-electron chi connectivity index (χ1n) is 7.80. The molecule has 5 heteroatoms. The Balaban J connectivity index is 2.05. The molecule has 0 aromatic heterocycles. The fraction of sp³-hybridized carbons (Fsp3) is 0.263. The van der Waals surface area contributed by atoms with Gasteiger partial charge in [-0.2, -0.15) is 0 Å². The predicted molar refractivity (Wildman–Crippen MR) is 94.9 cm³/mol. The fourth-order valence-electron chi connectivity index (χ4n) is 2.37. The first kappa shape index (κ1) is 17.5. The summed E-state index contributed by atoms with van der Waals surface area (Å²) < 4.78 is 5.15. The molecule has 0 spiro atoms. The molecular formula is C19H22N2O3. The molecule has 0 atom stereocenters. The number of anilines is 2. The lowest BCUT2D eigenvalue weighted by atomic mass is 10.1. The fourth-order valence-corrected chi connectivity index (χ4v) is 2.37. The lowest BCUT2D eigenvalue weighted by Crippen LogP contribution is -2.39. The van der Waals surface area contributed by atoms with E-state index in [0.717, 1.165) is 11.3 Å². The third-order valence-corrected chi connectivity index (χ3v) is 3.66. The van der Waals surface area contributed by atoms with Gasteiger partial charge in [-0.05, 0) is 50.6 Å². The van der Waals surface area contributed by atoms with E-state index in [0.29, 0.717) is 11.3 Å². The Morgan fingerprint density at radius 3 is 2.38 bits per heavy atom. The highest BCUT2D eigenvalue weighted by Crippen LogP contribution is 2.17. The molecule has 1 amide bonds. The molecule has 0 saturated heterocycles. The minimum atomic E-state index is -0.563. The van der Waals surface area contributed by atoms with E-state index < -0.39 is 5.97 Å². The minimum Gasteiger partial charge on any atom is -0.452 e. The average molecular weight is 326 g/mol.